The molecule has 10 nitrogen and oxygen atoms in total. The van der Waals surface area contributed by atoms with Crippen LogP contribution in [0.25, 0.3) is 17.0 Å². The number of nitrogens with one attached hydrogen (secondary N) is 2. The van der Waals surface area contributed by atoms with E-state index in [0.717, 1.165) is 10.5 Å². The molecule has 1 aliphatic heterocycles. The van der Waals surface area contributed by atoms with Crippen molar-refractivity contribution in [2.45, 2.75) is 6.54 Å². The van der Waals surface area contributed by atoms with Gasteiger partial charge in [0.1, 0.15) is 17.5 Å². The number of fused-ring (bicyclic) bond motifs is 1. The van der Waals surface area contributed by atoms with Crippen molar-refractivity contribution in [1.82, 2.24) is 34.8 Å². The zero-order valence-corrected chi connectivity index (χ0v) is 17.6. The van der Waals surface area contributed by atoms with Crippen LogP contribution in [0.4, 0.5) is 20.7 Å². The molecule has 0 aliphatic carbocycles. The first-order valence-corrected chi connectivity index (χ1v) is 10.2. The third kappa shape index (κ3) is 4.05. The molecule has 31 heavy (non-hydrogen) atoms. The number of nitrogens with zero attached hydrogens (tertiary/aromatic N) is 7. The maximum atomic E-state index is 13.5. The number of aromatic nitrogens is 7. The molecule has 4 aromatic rings. The van der Waals surface area contributed by atoms with Crippen LogP contribution in [0.3, 0.4) is 0 Å². The molecule has 0 bridgehead atoms. The first-order valence-electron chi connectivity index (χ1n) is 9.42. The number of aromatic amines is 1. The van der Waals surface area contributed by atoms with Crippen LogP contribution in [-0.4, -0.2) is 61.1 Å². The minimum atomic E-state index is -0.692. The number of halogens is 3. The molecular weight excluding hydrogens is 476 g/mol. The van der Waals surface area contributed by atoms with Gasteiger partial charge in [-0.1, -0.05) is 0 Å². The molecule has 1 saturated heterocycles. The van der Waals surface area contributed by atoms with E-state index in [4.69, 9.17) is 4.74 Å². The normalized spacial score (nSPS) is 14.4. The second kappa shape index (κ2) is 8.15. The lowest BCUT2D eigenvalue weighted by Crippen LogP contribution is -2.37. The van der Waals surface area contributed by atoms with Gasteiger partial charge in [-0.15, -0.1) is 0 Å². The molecule has 4 heterocycles. The molecule has 0 saturated carbocycles. The highest BCUT2D eigenvalue weighted by atomic mass is 79.9. The van der Waals surface area contributed by atoms with Crippen molar-refractivity contribution in [3.63, 3.8) is 0 Å². The molecule has 1 aromatic carbocycles. The Bertz CT molecular complexity index is 1220. The van der Waals surface area contributed by atoms with Crippen molar-refractivity contribution >= 4 is 33.5 Å². The lowest BCUT2D eigenvalue weighted by atomic mass is 10.2. The smallest absolute Gasteiger partial charge is 0.230 e. The summed E-state index contributed by atoms with van der Waals surface area (Å²) in [6.07, 6.45) is 1.64. The van der Waals surface area contributed by atoms with Crippen molar-refractivity contribution in [1.29, 1.82) is 0 Å². The van der Waals surface area contributed by atoms with Gasteiger partial charge in [0.25, 0.3) is 0 Å². The number of hydrogen-bond acceptors (Lipinski definition) is 8. The predicted molar refractivity (Wildman–Crippen MR) is 111 cm³/mol. The van der Waals surface area contributed by atoms with Gasteiger partial charge in [-0.05, 0) is 28.1 Å². The summed E-state index contributed by atoms with van der Waals surface area (Å²) in [5.41, 5.74) is 0.863. The van der Waals surface area contributed by atoms with Crippen LogP contribution in [0, 0.1) is 11.6 Å². The van der Waals surface area contributed by atoms with Crippen molar-refractivity contribution in [2.75, 3.05) is 36.5 Å². The highest BCUT2D eigenvalue weighted by molar-refractivity contribution is 9.10. The summed E-state index contributed by atoms with van der Waals surface area (Å²) in [4.78, 5) is 15.6. The van der Waals surface area contributed by atoms with E-state index in [2.05, 4.69) is 51.5 Å². The maximum Gasteiger partial charge on any atom is 0.230 e. The van der Waals surface area contributed by atoms with Crippen LogP contribution >= 0.6 is 15.9 Å². The molecule has 3 aromatic heterocycles. The number of ether oxygens (including phenoxy) is 1. The van der Waals surface area contributed by atoms with E-state index < -0.39 is 11.6 Å². The van der Waals surface area contributed by atoms with Crippen LogP contribution in [0.1, 0.15) is 5.82 Å². The number of benzene rings is 1. The molecule has 0 amide bonds. The molecule has 13 heteroatoms. The van der Waals surface area contributed by atoms with Gasteiger partial charge in [0, 0.05) is 24.7 Å². The Morgan fingerprint density at radius 3 is 2.65 bits per heavy atom. The number of rotatable bonds is 5. The van der Waals surface area contributed by atoms with Crippen LogP contribution in [-0.2, 0) is 11.3 Å². The summed E-state index contributed by atoms with van der Waals surface area (Å²) in [5, 5.41) is 14.3. The average Bonchev–Trinajstić information content (AvgIpc) is 3.39. The van der Waals surface area contributed by atoms with Gasteiger partial charge in [-0.3, -0.25) is 5.10 Å². The van der Waals surface area contributed by atoms with Gasteiger partial charge in [0.05, 0.1) is 30.4 Å². The third-order valence-electron chi connectivity index (χ3n) is 4.67. The molecule has 1 fully saturated rings. The Labute approximate surface area is 182 Å². The van der Waals surface area contributed by atoms with Gasteiger partial charge in [0.15, 0.2) is 11.5 Å². The molecule has 5 rings (SSSR count). The van der Waals surface area contributed by atoms with Crippen molar-refractivity contribution in [3.05, 3.63) is 46.3 Å². The van der Waals surface area contributed by atoms with E-state index in [1.165, 1.54) is 12.1 Å². The molecule has 0 spiro atoms. The van der Waals surface area contributed by atoms with Gasteiger partial charge < -0.3 is 15.0 Å². The average molecular weight is 492 g/mol. The lowest BCUT2D eigenvalue weighted by Gasteiger charge is -2.27. The van der Waals surface area contributed by atoms with Crippen LogP contribution in [0.2, 0.25) is 0 Å². The molecule has 0 radical (unpaired) electrons. The van der Waals surface area contributed by atoms with Gasteiger partial charge in [-0.25, -0.2) is 13.8 Å². The highest BCUT2D eigenvalue weighted by Crippen LogP contribution is 2.23. The summed E-state index contributed by atoms with van der Waals surface area (Å²) in [6.45, 7) is 2.84. The number of anilines is 2. The third-order valence-corrected chi connectivity index (χ3v) is 5.23. The zero-order valence-electron chi connectivity index (χ0n) is 16.0. The van der Waals surface area contributed by atoms with Gasteiger partial charge in [0.2, 0.25) is 11.9 Å². The van der Waals surface area contributed by atoms with E-state index in [0.29, 0.717) is 49.7 Å². The largest absolute Gasteiger partial charge is 0.378 e. The van der Waals surface area contributed by atoms with E-state index in [1.807, 2.05) is 4.90 Å². The quantitative estimate of drug-likeness (QED) is 0.438. The first-order chi connectivity index (χ1) is 15.1. The highest BCUT2D eigenvalue weighted by Gasteiger charge is 2.19. The monoisotopic (exact) mass is 491 g/mol. The van der Waals surface area contributed by atoms with E-state index in [9.17, 15) is 8.78 Å². The summed E-state index contributed by atoms with van der Waals surface area (Å²) in [6, 6.07) is 3.15. The molecule has 2 N–H and O–H groups in total. The predicted octanol–water partition coefficient (Wildman–Crippen LogP) is 2.40. The van der Waals surface area contributed by atoms with Crippen molar-refractivity contribution in [2.24, 2.45) is 0 Å². The summed E-state index contributed by atoms with van der Waals surface area (Å²) >= 11 is 3.46. The first kappa shape index (κ1) is 19.8. The number of hydrogen-bond donors (Lipinski definition) is 2. The van der Waals surface area contributed by atoms with E-state index in [1.54, 1.807) is 10.7 Å². The minimum Gasteiger partial charge on any atom is -0.378 e. The van der Waals surface area contributed by atoms with E-state index in [-0.39, 0.29) is 17.9 Å². The standard InChI is InChI=1S/C18H16BrF2N9O/c19-13-8-23-30-16(13)25-18(29-1-3-31-4-2-29)26-17(30)22-9-14-24-15(28-27-14)10-5-11(20)7-12(21)6-10/h5-8H,1-4,9H2,(H,22,25,26)(H,24,27,28). The minimum absolute atomic E-state index is 0.193. The Kier molecular flexibility index (Phi) is 5.19. The van der Waals surface area contributed by atoms with E-state index >= 15 is 0 Å². The molecule has 160 valence electrons. The van der Waals surface area contributed by atoms with Crippen LogP contribution in [0.5, 0.6) is 0 Å². The fraction of sp³-hybridized carbons (Fsp3) is 0.278. The molecule has 1 aliphatic rings. The number of morpholine rings is 1. The fourth-order valence-electron chi connectivity index (χ4n) is 3.21. The Hall–Kier alpha value is -3.19. The second-order valence-corrected chi connectivity index (χ2v) is 7.65. The second-order valence-electron chi connectivity index (χ2n) is 6.79. The van der Waals surface area contributed by atoms with Crippen LogP contribution in [0.15, 0.2) is 28.9 Å². The zero-order chi connectivity index (χ0) is 21.4. The van der Waals surface area contributed by atoms with Gasteiger partial charge >= 0.3 is 0 Å². The molecular formula is C18H16BrF2N9O. The SMILES string of the molecule is Fc1cc(F)cc(-c2n[nH]c(CNc3nc(N4CCOCC4)nc4c(Br)cnn34)n2)c1. The molecule has 0 atom stereocenters. The summed E-state index contributed by atoms with van der Waals surface area (Å²) in [5.74, 6) is 0.301. The summed E-state index contributed by atoms with van der Waals surface area (Å²) in [7, 11) is 0. The Morgan fingerprint density at radius 2 is 1.87 bits per heavy atom. The van der Waals surface area contributed by atoms with Gasteiger partial charge in [-0.2, -0.15) is 24.7 Å². The Morgan fingerprint density at radius 1 is 1.10 bits per heavy atom. The topological polar surface area (TPSA) is 109 Å². The maximum absolute atomic E-state index is 13.5. The summed E-state index contributed by atoms with van der Waals surface area (Å²) < 4.78 is 34.7. The number of H-pyrrole nitrogens is 1. The van der Waals surface area contributed by atoms with Crippen molar-refractivity contribution < 1.29 is 13.5 Å². The molecule has 0 unspecified atom stereocenters. The van der Waals surface area contributed by atoms with Crippen LogP contribution < -0.4 is 10.2 Å². The fourth-order valence-corrected chi connectivity index (χ4v) is 3.56. The van der Waals surface area contributed by atoms with Crippen molar-refractivity contribution in [3.8, 4) is 11.4 Å². The Balaban J connectivity index is 1.40. The lowest BCUT2D eigenvalue weighted by molar-refractivity contribution is 0.122.